The summed E-state index contributed by atoms with van der Waals surface area (Å²) in [6.07, 6.45) is -1.82. The second-order valence-corrected chi connectivity index (χ2v) is 8.34. The highest BCUT2D eigenvalue weighted by molar-refractivity contribution is 5.58. The van der Waals surface area contributed by atoms with Crippen molar-refractivity contribution in [3.05, 3.63) is 59.7 Å². The highest BCUT2D eigenvalue weighted by atomic mass is 16.3. The molecule has 3 rings (SSSR count). The standard InChI is InChI=1S/C18H20N2O2.2C3H9N.2C2H6/c1-19-13-9-5-3-7-11(13)15-17(21)16(18(15)22)12-8-4-6-10-14(12)20-2;2*1-4(2)3;2*1-2/h3-10,15-20H,1-2H3;2*1-3H3;2*1-2H3/q-2;;;;. The van der Waals surface area contributed by atoms with E-state index in [-0.39, 0.29) is 0 Å². The molecule has 0 heterocycles. The van der Waals surface area contributed by atoms with Crippen LogP contribution in [0, 0.1) is 0 Å². The molecular weight excluding hydrogens is 424 g/mol. The van der Waals surface area contributed by atoms with Crippen LogP contribution in [0.4, 0.5) is 11.4 Å². The van der Waals surface area contributed by atoms with Gasteiger partial charge in [0.25, 0.3) is 0 Å². The van der Waals surface area contributed by atoms with Crippen molar-refractivity contribution in [3.8, 4) is 0 Å². The third-order valence-electron chi connectivity index (χ3n) is 4.59. The van der Waals surface area contributed by atoms with E-state index in [0.29, 0.717) is 0 Å². The van der Waals surface area contributed by atoms with Crippen molar-refractivity contribution in [1.29, 1.82) is 0 Å². The van der Waals surface area contributed by atoms with Crippen molar-refractivity contribution in [3.63, 3.8) is 0 Å². The van der Waals surface area contributed by atoms with Crippen molar-refractivity contribution in [2.75, 3.05) is 67.0 Å². The van der Waals surface area contributed by atoms with E-state index in [9.17, 15) is 10.2 Å². The minimum absolute atomic E-state index is 0.487. The number of benzene rings is 2. The molecule has 1 saturated carbocycles. The highest BCUT2D eigenvalue weighted by Crippen LogP contribution is 2.48. The van der Waals surface area contributed by atoms with Gasteiger partial charge in [0.2, 0.25) is 0 Å². The van der Waals surface area contributed by atoms with Crippen LogP contribution >= 0.6 is 0 Å². The second-order valence-electron chi connectivity index (χ2n) is 8.34. The van der Waals surface area contributed by atoms with Crippen LogP contribution < -0.4 is 20.8 Å². The molecule has 1 aliphatic carbocycles. The predicted molar refractivity (Wildman–Crippen MR) is 147 cm³/mol. The van der Waals surface area contributed by atoms with E-state index < -0.39 is 24.0 Å². The third kappa shape index (κ3) is 10.9. The molecule has 0 atom stereocenters. The van der Waals surface area contributed by atoms with Crippen molar-refractivity contribution < 1.29 is 10.2 Å². The first kappa shape index (κ1) is 34.0. The minimum atomic E-state index is -0.911. The summed E-state index contributed by atoms with van der Waals surface area (Å²) in [5, 5.41) is 31.6. The topological polar surface area (TPSA) is 76.7 Å². The van der Waals surface area contributed by atoms with Gasteiger partial charge in [0.05, 0.1) is 0 Å². The lowest BCUT2D eigenvalue weighted by atomic mass is 9.62. The van der Waals surface area contributed by atoms with Gasteiger partial charge in [-0.1, -0.05) is 64.1 Å². The van der Waals surface area contributed by atoms with Gasteiger partial charge in [0, 0.05) is 25.5 Å². The van der Waals surface area contributed by atoms with Crippen molar-refractivity contribution in [1.82, 2.24) is 9.80 Å². The Morgan fingerprint density at radius 1 is 0.559 bits per heavy atom. The molecule has 0 unspecified atom stereocenters. The lowest BCUT2D eigenvalue weighted by molar-refractivity contribution is -0.535. The summed E-state index contributed by atoms with van der Waals surface area (Å²) in [4.78, 5) is 4.00. The Balaban J connectivity index is 0. The van der Waals surface area contributed by atoms with E-state index in [1.54, 1.807) is 0 Å². The Morgan fingerprint density at radius 3 is 1.03 bits per heavy atom. The van der Waals surface area contributed by atoms with Gasteiger partial charge in [-0.2, -0.15) is 0 Å². The highest BCUT2D eigenvalue weighted by Gasteiger charge is 2.39. The molecule has 0 saturated heterocycles. The monoisotopic (exact) mass is 474 g/mol. The molecule has 0 aromatic heterocycles. The normalized spacial score (nSPS) is 20.0. The van der Waals surface area contributed by atoms with E-state index >= 15 is 0 Å². The molecule has 1 fully saturated rings. The van der Waals surface area contributed by atoms with Crippen LogP contribution in [-0.4, -0.2) is 78.4 Å². The van der Waals surface area contributed by atoms with Gasteiger partial charge in [0.15, 0.2) is 0 Å². The summed E-state index contributed by atoms with van der Waals surface area (Å²) in [7, 11) is 15.6. The number of rotatable bonds is 4. The van der Waals surface area contributed by atoms with Gasteiger partial charge < -0.3 is 30.6 Å². The predicted octanol–water partition coefficient (Wildman–Crippen LogP) is 3.52. The molecule has 2 N–H and O–H groups in total. The van der Waals surface area contributed by atoms with E-state index in [0.717, 1.165) is 22.5 Å². The molecular formula is C28H50N4O2-2. The fraction of sp³-hybridized carbons (Fsp3) is 0.571. The van der Waals surface area contributed by atoms with Crippen LogP contribution in [0.5, 0.6) is 0 Å². The molecule has 0 radical (unpaired) electrons. The van der Waals surface area contributed by atoms with Crippen molar-refractivity contribution in [2.45, 2.75) is 51.7 Å². The van der Waals surface area contributed by atoms with E-state index in [2.05, 4.69) is 10.6 Å². The number of nitrogens with zero attached hydrogens (tertiary/aromatic N) is 2. The quantitative estimate of drug-likeness (QED) is 0.706. The maximum atomic E-state index is 12.7. The maximum Gasteiger partial charge on any atom is 0.0372 e. The Morgan fingerprint density at radius 2 is 0.794 bits per heavy atom. The molecule has 1 aliphatic rings. The van der Waals surface area contributed by atoms with Crippen LogP contribution in [0.2, 0.25) is 0 Å². The first-order valence-corrected chi connectivity index (χ1v) is 12.2. The third-order valence-corrected chi connectivity index (χ3v) is 4.59. The Bertz CT molecular complexity index is 676. The smallest absolute Gasteiger partial charge is 0.0372 e. The van der Waals surface area contributed by atoms with Crippen LogP contribution in [0.15, 0.2) is 48.5 Å². The lowest BCUT2D eigenvalue weighted by Crippen LogP contribution is -2.63. The fourth-order valence-electron chi connectivity index (χ4n) is 3.41. The molecule has 6 nitrogen and oxygen atoms in total. The van der Waals surface area contributed by atoms with Crippen LogP contribution in [0.1, 0.15) is 50.7 Å². The van der Waals surface area contributed by atoms with Gasteiger partial charge in [-0.3, -0.25) is 0 Å². The molecule has 34 heavy (non-hydrogen) atoms. The molecule has 0 amide bonds. The van der Waals surface area contributed by atoms with Crippen LogP contribution in [0.3, 0.4) is 0 Å². The average Bonchev–Trinajstić information content (AvgIpc) is 2.82. The largest absolute Gasteiger partial charge is 0.851 e. The first-order valence-electron chi connectivity index (χ1n) is 12.2. The van der Waals surface area contributed by atoms with Gasteiger partial charge in [-0.05, 0) is 77.4 Å². The zero-order valence-electron chi connectivity index (χ0n) is 23.6. The summed E-state index contributed by atoms with van der Waals surface area (Å²) in [5.74, 6) is -0.975. The van der Waals surface area contributed by atoms with Gasteiger partial charge in [-0.25, -0.2) is 0 Å². The fourth-order valence-corrected chi connectivity index (χ4v) is 3.41. The summed E-state index contributed by atoms with van der Waals surface area (Å²) in [5.41, 5.74) is 3.41. The van der Waals surface area contributed by atoms with Crippen molar-refractivity contribution in [2.24, 2.45) is 0 Å². The summed E-state index contributed by atoms with van der Waals surface area (Å²) < 4.78 is 0. The van der Waals surface area contributed by atoms with Crippen molar-refractivity contribution >= 4 is 11.4 Å². The zero-order valence-corrected chi connectivity index (χ0v) is 23.6. The lowest BCUT2D eigenvalue weighted by Gasteiger charge is -2.62. The molecule has 0 bridgehead atoms. The molecule has 6 heteroatoms. The Hall–Kier alpha value is -2.12. The summed E-state index contributed by atoms with van der Waals surface area (Å²) in [6, 6.07) is 15.1. The number of para-hydroxylation sites is 2. The van der Waals surface area contributed by atoms with Gasteiger partial charge >= 0.3 is 0 Å². The van der Waals surface area contributed by atoms with E-state index in [4.69, 9.17) is 0 Å². The van der Waals surface area contributed by atoms with Crippen LogP contribution in [0.25, 0.3) is 0 Å². The number of anilines is 2. The Kier molecular flexibility index (Phi) is 19.2. The average molecular weight is 475 g/mol. The van der Waals surface area contributed by atoms with Crippen LogP contribution in [-0.2, 0) is 0 Å². The van der Waals surface area contributed by atoms with Gasteiger partial charge in [-0.15, -0.1) is 12.2 Å². The molecule has 2 aromatic rings. The summed E-state index contributed by atoms with van der Waals surface area (Å²) >= 11 is 0. The zero-order chi connectivity index (χ0) is 26.8. The number of nitrogens with one attached hydrogen (secondary N) is 2. The van der Waals surface area contributed by atoms with Gasteiger partial charge in [0.1, 0.15) is 0 Å². The Labute approximate surface area is 210 Å². The number of hydrogen-bond acceptors (Lipinski definition) is 6. The molecule has 0 aliphatic heterocycles. The first-order chi connectivity index (χ1) is 16.1. The number of hydrogen-bond donors (Lipinski definition) is 2. The molecule has 0 spiro atoms. The summed E-state index contributed by atoms with van der Waals surface area (Å²) in [6.45, 7) is 8.00. The molecule has 2 aromatic carbocycles. The minimum Gasteiger partial charge on any atom is -0.851 e. The second kappa shape index (κ2) is 19.2. The van der Waals surface area contributed by atoms with E-state index in [1.807, 2.05) is 142 Å². The van der Waals surface area contributed by atoms with E-state index in [1.165, 1.54) is 0 Å². The molecule has 196 valence electrons. The maximum absolute atomic E-state index is 12.7. The SMILES string of the molecule is CC.CC.CN(C)C.CN(C)C.CNc1ccccc1C1C([O-])C(c2ccccc2NC)C1[O-].